The van der Waals surface area contributed by atoms with Gasteiger partial charge in [-0.3, -0.25) is 9.89 Å². The van der Waals surface area contributed by atoms with Crippen LogP contribution in [-0.4, -0.2) is 45.2 Å². The van der Waals surface area contributed by atoms with Gasteiger partial charge in [0, 0.05) is 30.5 Å². The van der Waals surface area contributed by atoms with E-state index >= 15 is 0 Å². The molecule has 1 aliphatic rings. The van der Waals surface area contributed by atoms with Gasteiger partial charge in [0.15, 0.2) is 0 Å². The second-order valence-corrected chi connectivity index (χ2v) is 4.79. The molecule has 0 aromatic carbocycles. The molecular weight excluding hydrogens is 226 g/mol. The summed E-state index contributed by atoms with van der Waals surface area (Å²) in [5.74, 6) is 2.88. The van der Waals surface area contributed by atoms with Crippen molar-refractivity contribution in [3.8, 4) is 0 Å². The number of aromatic amines is 1. The topological polar surface area (TPSA) is 82.7 Å². The van der Waals surface area contributed by atoms with E-state index in [2.05, 4.69) is 25.8 Å². The van der Waals surface area contributed by atoms with Crippen LogP contribution in [-0.2, 0) is 11.3 Å². The third-order valence-corrected chi connectivity index (χ3v) is 3.48. The number of aromatic nitrogens is 3. The average Bonchev–Trinajstić information content (AvgIpc) is 2.81. The van der Waals surface area contributed by atoms with E-state index in [0.29, 0.717) is 24.8 Å². The van der Waals surface area contributed by atoms with Crippen LogP contribution in [0.1, 0.15) is 12.2 Å². The van der Waals surface area contributed by atoms with Crippen LogP contribution >= 0.6 is 11.8 Å². The van der Waals surface area contributed by atoms with Crippen LogP contribution in [0.5, 0.6) is 0 Å². The molecule has 1 saturated heterocycles. The smallest absolute Gasteiger partial charge is 0.221 e. The minimum atomic E-state index is 0.0522. The van der Waals surface area contributed by atoms with Gasteiger partial charge in [-0.1, -0.05) is 0 Å². The van der Waals surface area contributed by atoms with Gasteiger partial charge in [0.2, 0.25) is 5.91 Å². The molecule has 3 N–H and O–H groups in total. The Labute approximate surface area is 98.0 Å². The summed E-state index contributed by atoms with van der Waals surface area (Å²) < 4.78 is 0. The van der Waals surface area contributed by atoms with Crippen molar-refractivity contribution >= 4 is 17.7 Å². The molecule has 1 amide bonds. The van der Waals surface area contributed by atoms with Crippen LogP contribution in [0.15, 0.2) is 6.33 Å². The summed E-state index contributed by atoms with van der Waals surface area (Å²) in [5.41, 5.74) is 0. The number of thioether (sulfide) groups is 1. The molecule has 0 bridgehead atoms. The second-order valence-electron chi connectivity index (χ2n) is 3.64. The molecule has 7 heteroatoms. The number of H-pyrrole nitrogens is 1. The van der Waals surface area contributed by atoms with Crippen LogP contribution in [0.3, 0.4) is 0 Å². The number of nitrogens with zero attached hydrogens (tertiary/aromatic N) is 2. The first-order valence-corrected chi connectivity index (χ1v) is 6.42. The minimum Gasteiger partial charge on any atom is -0.349 e. The summed E-state index contributed by atoms with van der Waals surface area (Å²) >= 11 is 1.89. The van der Waals surface area contributed by atoms with E-state index in [0.717, 1.165) is 18.1 Å². The Hall–Kier alpha value is -1.08. The van der Waals surface area contributed by atoms with Crippen molar-refractivity contribution in [3.63, 3.8) is 0 Å². The lowest BCUT2D eigenvalue weighted by molar-refractivity contribution is -0.121. The largest absolute Gasteiger partial charge is 0.349 e. The number of amides is 1. The summed E-state index contributed by atoms with van der Waals surface area (Å²) in [6, 6.07) is 0.300. The summed E-state index contributed by atoms with van der Waals surface area (Å²) in [6.45, 7) is 1.41. The van der Waals surface area contributed by atoms with E-state index in [1.54, 1.807) is 0 Å². The first kappa shape index (κ1) is 11.4. The predicted molar refractivity (Wildman–Crippen MR) is 62.0 cm³/mol. The maximum atomic E-state index is 11.6. The fraction of sp³-hybridized carbons (Fsp3) is 0.667. The highest BCUT2D eigenvalue weighted by Gasteiger charge is 2.16. The molecule has 2 heterocycles. The third kappa shape index (κ3) is 3.49. The number of carbonyl (C=O) groups is 1. The van der Waals surface area contributed by atoms with E-state index < -0.39 is 0 Å². The molecule has 0 spiro atoms. The number of nitrogens with one attached hydrogen (secondary N) is 3. The fourth-order valence-electron chi connectivity index (χ4n) is 1.55. The Morgan fingerprint density at radius 1 is 1.69 bits per heavy atom. The summed E-state index contributed by atoms with van der Waals surface area (Å²) in [6.07, 6.45) is 1.96. The monoisotopic (exact) mass is 241 g/mol. The van der Waals surface area contributed by atoms with Gasteiger partial charge in [0.1, 0.15) is 12.2 Å². The van der Waals surface area contributed by atoms with Crippen LogP contribution in [0, 0.1) is 0 Å². The Bertz CT molecular complexity index is 323. The van der Waals surface area contributed by atoms with Crippen LogP contribution in [0.4, 0.5) is 0 Å². The molecule has 1 aromatic heterocycles. The fourth-order valence-corrected chi connectivity index (χ4v) is 2.49. The van der Waals surface area contributed by atoms with E-state index in [4.69, 9.17) is 0 Å². The molecule has 1 fully saturated rings. The molecule has 6 nitrogen and oxygen atoms in total. The van der Waals surface area contributed by atoms with Gasteiger partial charge in [-0.25, -0.2) is 4.98 Å². The van der Waals surface area contributed by atoms with Gasteiger partial charge in [0.05, 0.1) is 6.54 Å². The first-order valence-electron chi connectivity index (χ1n) is 5.26. The van der Waals surface area contributed by atoms with E-state index in [-0.39, 0.29) is 5.91 Å². The van der Waals surface area contributed by atoms with Gasteiger partial charge in [-0.2, -0.15) is 16.9 Å². The molecule has 1 aromatic rings. The van der Waals surface area contributed by atoms with Crippen molar-refractivity contribution in [3.05, 3.63) is 12.2 Å². The first-order chi connectivity index (χ1) is 7.84. The molecule has 1 aliphatic heterocycles. The van der Waals surface area contributed by atoms with Crippen molar-refractivity contribution in [2.75, 3.05) is 18.1 Å². The zero-order chi connectivity index (χ0) is 11.2. The highest BCUT2D eigenvalue weighted by Crippen LogP contribution is 2.09. The highest BCUT2D eigenvalue weighted by atomic mass is 32.2. The molecule has 0 radical (unpaired) electrons. The molecular formula is C9H15N5OS. The van der Waals surface area contributed by atoms with Crippen molar-refractivity contribution < 1.29 is 4.79 Å². The standard InChI is InChI=1S/C9H15N5OS/c15-9(3-7-5-16-2-1-10-7)11-4-8-12-6-13-14-8/h6-7,10H,1-5H2,(H,11,15)(H,12,13,14). The lowest BCUT2D eigenvalue weighted by atomic mass is 10.2. The Morgan fingerprint density at radius 3 is 3.31 bits per heavy atom. The van der Waals surface area contributed by atoms with Crippen molar-refractivity contribution in [2.45, 2.75) is 19.0 Å². The van der Waals surface area contributed by atoms with Gasteiger partial charge in [-0.15, -0.1) is 0 Å². The summed E-state index contributed by atoms with van der Waals surface area (Å²) in [5, 5.41) is 12.5. The van der Waals surface area contributed by atoms with Crippen LogP contribution < -0.4 is 10.6 Å². The number of carbonyl (C=O) groups excluding carboxylic acids is 1. The summed E-state index contributed by atoms with van der Waals surface area (Å²) in [4.78, 5) is 15.5. The van der Waals surface area contributed by atoms with Gasteiger partial charge >= 0.3 is 0 Å². The van der Waals surface area contributed by atoms with Crippen molar-refractivity contribution in [2.24, 2.45) is 0 Å². The van der Waals surface area contributed by atoms with Crippen molar-refractivity contribution in [1.82, 2.24) is 25.8 Å². The zero-order valence-electron chi connectivity index (χ0n) is 8.90. The lowest BCUT2D eigenvalue weighted by Crippen LogP contribution is -2.41. The summed E-state index contributed by atoms with van der Waals surface area (Å²) in [7, 11) is 0. The molecule has 1 unspecified atom stereocenters. The van der Waals surface area contributed by atoms with E-state index in [9.17, 15) is 4.79 Å². The van der Waals surface area contributed by atoms with Gasteiger partial charge < -0.3 is 10.6 Å². The molecule has 1 atom stereocenters. The average molecular weight is 241 g/mol. The maximum Gasteiger partial charge on any atom is 0.221 e. The Morgan fingerprint density at radius 2 is 2.62 bits per heavy atom. The number of hydrogen-bond donors (Lipinski definition) is 3. The maximum absolute atomic E-state index is 11.6. The SMILES string of the molecule is O=C(CC1CSCCN1)NCc1ncn[nH]1. The lowest BCUT2D eigenvalue weighted by Gasteiger charge is -2.22. The van der Waals surface area contributed by atoms with Gasteiger partial charge in [-0.05, 0) is 0 Å². The van der Waals surface area contributed by atoms with Gasteiger partial charge in [0.25, 0.3) is 0 Å². The molecule has 0 saturated carbocycles. The van der Waals surface area contributed by atoms with Crippen LogP contribution in [0.2, 0.25) is 0 Å². The Kier molecular flexibility index (Phi) is 4.17. The minimum absolute atomic E-state index is 0.0522. The molecule has 2 rings (SSSR count). The quantitative estimate of drug-likeness (QED) is 0.663. The predicted octanol–water partition coefficient (Wildman–Crippen LogP) is -0.484. The van der Waals surface area contributed by atoms with E-state index in [1.165, 1.54) is 6.33 Å². The second kappa shape index (κ2) is 5.86. The number of hydrogen-bond acceptors (Lipinski definition) is 5. The molecule has 88 valence electrons. The Balaban J connectivity index is 1.67. The zero-order valence-corrected chi connectivity index (χ0v) is 9.72. The highest BCUT2D eigenvalue weighted by molar-refractivity contribution is 7.99. The number of rotatable bonds is 4. The third-order valence-electron chi connectivity index (χ3n) is 2.35. The van der Waals surface area contributed by atoms with Crippen molar-refractivity contribution in [1.29, 1.82) is 0 Å². The van der Waals surface area contributed by atoms with E-state index in [1.807, 2.05) is 11.8 Å². The normalized spacial score (nSPS) is 20.6. The molecule has 16 heavy (non-hydrogen) atoms. The van der Waals surface area contributed by atoms with Crippen LogP contribution in [0.25, 0.3) is 0 Å². The molecule has 0 aliphatic carbocycles.